The van der Waals surface area contributed by atoms with Gasteiger partial charge in [-0.05, 0) is 20.3 Å². The highest BCUT2D eigenvalue weighted by Gasteiger charge is 2.19. The summed E-state index contributed by atoms with van der Waals surface area (Å²) in [5.74, 6) is -1.16. The second-order valence-electron chi connectivity index (χ2n) is 4.60. The van der Waals surface area contributed by atoms with Crippen LogP contribution in [0.3, 0.4) is 0 Å². The lowest BCUT2D eigenvalue weighted by Gasteiger charge is -2.25. The fraction of sp³-hybridized carbons (Fsp3) is 0.769. The third-order valence-electron chi connectivity index (χ3n) is 2.77. The molecule has 0 spiro atoms. The van der Waals surface area contributed by atoms with Crippen LogP contribution in [0.4, 0.5) is 4.79 Å². The maximum absolute atomic E-state index is 12.0. The number of nitrogens with zero attached hydrogens (tertiary/aromatic N) is 2. The van der Waals surface area contributed by atoms with Crippen molar-refractivity contribution < 1.29 is 14.7 Å². The Morgan fingerprint density at radius 1 is 1.42 bits per heavy atom. The van der Waals surface area contributed by atoms with E-state index in [1.165, 1.54) is 4.90 Å². The molecule has 0 heterocycles. The van der Waals surface area contributed by atoms with Crippen molar-refractivity contribution >= 4 is 12.0 Å². The van der Waals surface area contributed by atoms with Crippen molar-refractivity contribution in [3.8, 4) is 6.07 Å². The van der Waals surface area contributed by atoms with Gasteiger partial charge in [0.1, 0.15) is 0 Å². The van der Waals surface area contributed by atoms with Gasteiger partial charge in [0.15, 0.2) is 0 Å². The Hall–Kier alpha value is -1.77. The number of aliphatic carboxylic acids is 1. The molecule has 0 aromatic carbocycles. The molecule has 0 aromatic rings. The van der Waals surface area contributed by atoms with E-state index in [4.69, 9.17) is 10.4 Å². The van der Waals surface area contributed by atoms with Gasteiger partial charge >= 0.3 is 12.0 Å². The van der Waals surface area contributed by atoms with Gasteiger partial charge in [-0.15, -0.1) is 0 Å². The van der Waals surface area contributed by atoms with Crippen LogP contribution >= 0.6 is 0 Å². The summed E-state index contributed by atoms with van der Waals surface area (Å²) < 4.78 is 0. The topological polar surface area (TPSA) is 93.4 Å². The van der Waals surface area contributed by atoms with E-state index in [0.717, 1.165) is 6.42 Å². The van der Waals surface area contributed by atoms with Gasteiger partial charge in [0.05, 0.1) is 18.4 Å². The molecule has 0 saturated carbocycles. The highest BCUT2D eigenvalue weighted by atomic mass is 16.4. The van der Waals surface area contributed by atoms with Crippen LogP contribution in [0.5, 0.6) is 0 Å². The largest absolute Gasteiger partial charge is 0.481 e. The Balaban J connectivity index is 4.50. The van der Waals surface area contributed by atoms with Gasteiger partial charge in [-0.25, -0.2) is 4.79 Å². The smallest absolute Gasteiger partial charge is 0.317 e. The number of nitriles is 1. The molecule has 2 unspecified atom stereocenters. The summed E-state index contributed by atoms with van der Waals surface area (Å²) in [5, 5.41) is 20.3. The van der Waals surface area contributed by atoms with E-state index in [1.807, 2.05) is 13.8 Å². The summed E-state index contributed by atoms with van der Waals surface area (Å²) in [4.78, 5) is 24.3. The van der Waals surface area contributed by atoms with E-state index in [-0.39, 0.29) is 24.4 Å². The highest BCUT2D eigenvalue weighted by Crippen LogP contribution is 2.05. The van der Waals surface area contributed by atoms with Crippen LogP contribution < -0.4 is 5.32 Å². The Kier molecular flexibility index (Phi) is 8.34. The minimum Gasteiger partial charge on any atom is -0.481 e. The third-order valence-corrected chi connectivity index (χ3v) is 2.77. The van der Waals surface area contributed by atoms with Crippen molar-refractivity contribution in [2.45, 2.75) is 46.1 Å². The van der Waals surface area contributed by atoms with Crippen molar-refractivity contribution in [2.24, 2.45) is 5.92 Å². The summed E-state index contributed by atoms with van der Waals surface area (Å²) in [6, 6.07) is 1.42. The highest BCUT2D eigenvalue weighted by molar-refractivity contribution is 5.76. The number of hydrogen-bond donors (Lipinski definition) is 2. The minimum absolute atomic E-state index is 0.0784. The minimum atomic E-state index is -0.924. The molecule has 0 saturated heterocycles. The summed E-state index contributed by atoms with van der Waals surface area (Å²) in [6.45, 7) is 6.36. The second-order valence-corrected chi connectivity index (χ2v) is 4.60. The zero-order valence-corrected chi connectivity index (χ0v) is 11.8. The fourth-order valence-corrected chi connectivity index (χ4v) is 1.78. The number of carboxylic acid groups (broad SMARTS) is 1. The maximum Gasteiger partial charge on any atom is 0.317 e. The predicted molar refractivity (Wildman–Crippen MR) is 71.5 cm³/mol. The van der Waals surface area contributed by atoms with Crippen LogP contribution in [0, 0.1) is 17.2 Å². The number of rotatable bonds is 8. The molecule has 0 aliphatic heterocycles. The number of urea groups is 1. The Morgan fingerprint density at radius 3 is 2.47 bits per heavy atom. The number of carbonyl (C=O) groups is 2. The molecule has 19 heavy (non-hydrogen) atoms. The molecule has 0 aliphatic carbocycles. The van der Waals surface area contributed by atoms with Crippen molar-refractivity contribution in [1.29, 1.82) is 5.26 Å². The van der Waals surface area contributed by atoms with Crippen LogP contribution in [0.15, 0.2) is 0 Å². The summed E-state index contributed by atoms with van der Waals surface area (Å²) in [5.41, 5.74) is 0. The van der Waals surface area contributed by atoms with Crippen molar-refractivity contribution in [3.05, 3.63) is 0 Å². The molecule has 0 radical (unpaired) electrons. The average molecular weight is 269 g/mol. The molecule has 0 rings (SSSR count). The lowest BCUT2D eigenvalue weighted by Crippen LogP contribution is -2.46. The van der Waals surface area contributed by atoms with E-state index in [0.29, 0.717) is 19.5 Å². The van der Waals surface area contributed by atoms with Gasteiger partial charge in [-0.2, -0.15) is 5.26 Å². The van der Waals surface area contributed by atoms with Crippen molar-refractivity contribution in [3.63, 3.8) is 0 Å². The zero-order valence-electron chi connectivity index (χ0n) is 11.8. The van der Waals surface area contributed by atoms with Crippen LogP contribution in [0.1, 0.15) is 40.0 Å². The second kappa shape index (κ2) is 9.20. The standard InChI is InChI=1S/C13H23N3O3/c1-4-6-11(7-12(17)18)15-13(19)16(5-2)9-10(3)8-14/h10-11H,4-7,9H2,1-3H3,(H,15,19)(H,17,18). The molecular weight excluding hydrogens is 246 g/mol. The van der Waals surface area contributed by atoms with Crippen LogP contribution in [0.25, 0.3) is 0 Å². The molecule has 0 aromatic heterocycles. The van der Waals surface area contributed by atoms with Crippen molar-refractivity contribution in [1.82, 2.24) is 10.2 Å². The van der Waals surface area contributed by atoms with Gasteiger partial charge in [0.25, 0.3) is 0 Å². The first-order valence-corrected chi connectivity index (χ1v) is 6.61. The summed E-state index contributed by atoms with van der Waals surface area (Å²) >= 11 is 0. The van der Waals surface area contributed by atoms with Gasteiger partial charge in [0, 0.05) is 19.1 Å². The maximum atomic E-state index is 12.0. The number of hydrogen-bond acceptors (Lipinski definition) is 3. The molecule has 0 aliphatic rings. The fourth-order valence-electron chi connectivity index (χ4n) is 1.78. The molecular formula is C13H23N3O3. The predicted octanol–water partition coefficient (Wildman–Crippen LogP) is 1.82. The molecule has 6 heteroatoms. The molecule has 6 nitrogen and oxygen atoms in total. The Bertz CT molecular complexity index is 339. The first kappa shape index (κ1) is 17.2. The Labute approximate surface area is 114 Å². The van der Waals surface area contributed by atoms with Crippen LogP contribution in [0.2, 0.25) is 0 Å². The monoisotopic (exact) mass is 269 g/mol. The zero-order chi connectivity index (χ0) is 14.8. The van der Waals surface area contributed by atoms with E-state index in [2.05, 4.69) is 11.4 Å². The first-order valence-electron chi connectivity index (χ1n) is 6.61. The van der Waals surface area contributed by atoms with Gasteiger partial charge in [-0.1, -0.05) is 13.3 Å². The van der Waals surface area contributed by atoms with Gasteiger partial charge < -0.3 is 15.3 Å². The molecule has 2 atom stereocenters. The number of amides is 2. The lowest BCUT2D eigenvalue weighted by atomic mass is 10.1. The average Bonchev–Trinajstić information content (AvgIpc) is 2.34. The van der Waals surface area contributed by atoms with Crippen LogP contribution in [-0.4, -0.2) is 41.1 Å². The third kappa shape index (κ3) is 7.29. The van der Waals surface area contributed by atoms with Crippen molar-refractivity contribution in [2.75, 3.05) is 13.1 Å². The normalized spacial score (nSPS) is 13.2. The molecule has 2 N–H and O–H groups in total. The lowest BCUT2D eigenvalue weighted by molar-refractivity contribution is -0.137. The molecule has 0 bridgehead atoms. The number of carbonyl (C=O) groups excluding carboxylic acids is 1. The molecule has 0 fully saturated rings. The quantitative estimate of drug-likeness (QED) is 0.702. The summed E-state index contributed by atoms with van der Waals surface area (Å²) in [7, 11) is 0. The molecule has 108 valence electrons. The SMILES string of the molecule is CCCC(CC(=O)O)NC(=O)N(CC)CC(C)C#N. The summed E-state index contributed by atoms with van der Waals surface area (Å²) in [6.07, 6.45) is 1.35. The van der Waals surface area contributed by atoms with E-state index < -0.39 is 5.97 Å². The van der Waals surface area contributed by atoms with E-state index >= 15 is 0 Å². The first-order chi connectivity index (χ1) is 8.94. The van der Waals surface area contributed by atoms with Gasteiger partial charge in [-0.3, -0.25) is 4.79 Å². The Morgan fingerprint density at radius 2 is 2.05 bits per heavy atom. The van der Waals surface area contributed by atoms with Gasteiger partial charge in [0.2, 0.25) is 0 Å². The van der Waals surface area contributed by atoms with Crippen LogP contribution in [-0.2, 0) is 4.79 Å². The molecule has 2 amide bonds. The number of nitrogens with one attached hydrogen (secondary N) is 1. The van der Waals surface area contributed by atoms with E-state index in [9.17, 15) is 9.59 Å². The van der Waals surface area contributed by atoms with E-state index in [1.54, 1.807) is 6.92 Å². The number of carboxylic acids is 1.